The number of aliphatic imine (C=N–C) groups is 1. The van der Waals surface area contributed by atoms with Gasteiger partial charge in [-0.3, -0.25) is 9.79 Å². The number of aromatic carboxylic acids is 1. The third-order valence-corrected chi connectivity index (χ3v) is 7.27. The van der Waals surface area contributed by atoms with Crippen LogP contribution in [0.25, 0.3) is 10.9 Å². The molecule has 1 aromatic heterocycles. The van der Waals surface area contributed by atoms with Crippen LogP contribution in [0.5, 0.6) is 0 Å². The van der Waals surface area contributed by atoms with E-state index in [-0.39, 0.29) is 28.2 Å². The molecular weight excluding hydrogens is 504 g/mol. The summed E-state index contributed by atoms with van der Waals surface area (Å²) in [5.74, 6) is -2.01. The van der Waals surface area contributed by atoms with Crippen molar-refractivity contribution < 1.29 is 14.3 Å². The summed E-state index contributed by atoms with van der Waals surface area (Å²) < 4.78 is 17.0. The number of pyridine rings is 1. The molecule has 2 fully saturated rings. The Kier molecular flexibility index (Phi) is 6.04. The van der Waals surface area contributed by atoms with Crippen molar-refractivity contribution in [3.8, 4) is 0 Å². The van der Waals surface area contributed by atoms with Crippen molar-refractivity contribution in [2.45, 2.75) is 31.3 Å². The van der Waals surface area contributed by atoms with E-state index in [1.54, 1.807) is 33.9 Å². The minimum absolute atomic E-state index is 0.0276. The SMILES string of the molecule is O=C(O)c1cn(C2CC2)c2c(Cl)c(N3CCC(/N=C/c4c(Cl)cccc4Cl)C3)c(F)cc2c1=O. The van der Waals surface area contributed by atoms with Gasteiger partial charge in [0, 0.05) is 37.1 Å². The van der Waals surface area contributed by atoms with Gasteiger partial charge in [-0.25, -0.2) is 9.18 Å². The Morgan fingerprint density at radius 3 is 2.53 bits per heavy atom. The third kappa shape index (κ3) is 4.06. The second kappa shape index (κ2) is 8.87. The molecule has 1 atom stereocenters. The standard InChI is InChI=1S/C24H19Cl3FN3O3/c25-17-2-1-3-18(26)15(17)9-29-12-6-7-30(10-12)22-19(28)8-14-21(20(22)27)31(13-4-5-13)11-16(23(14)32)24(33)34/h1-3,8-9,11-13H,4-7,10H2,(H,33,34)/b29-9+. The molecule has 1 aliphatic heterocycles. The van der Waals surface area contributed by atoms with E-state index in [1.165, 1.54) is 6.20 Å². The minimum atomic E-state index is -1.35. The summed E-state index contributed by atoms with van der Waals surface area (Å²) in [6.07, 6.45) is 5.30. The monoisotopic (exact) mass is 521 g/mol. The molecule has 1 saturated carbocycles. The van der Waals surface area contributed by atoms with E-state index in [9.17, 15) is 14.7 Å². The number of anilines is 1. The van der Waals surface area contributed by atoms with Crippen LogP contribution < -0.4 is 10.3 Å². The van der Waals surface area contributed by atoms with Gasteiger partial charge in [-0.1, -0.05) is 40.9 Å². The van der Waals surface area contributed by atoms with Gasteiger partial charge in [0.2, 0.25) is 5.43 Å². The lowest BCUT2D eigenvalue weighted by molar-refractivity contribution is 0.0695. The first kappa shape index (κ1) is 23.1. The van der Waals surface area contributed by atoms with Crippen LogP contribution >= 0.6 is 34.8 Å². The van der Waals surface area contributed by atoms with Crippen LogP contribution in [-0.2, 0) is 0 Å². The number of halogens is 4. The third-order valence-electron chi connectivity index (χ3n) is 6.25. The first-order valence-electron chi connectivity index (χ1n) is 10.8. The zero-order valence-corrected chi connectivity index (χ0v) is 20.0. The molecule has 0 bridgehead atoms. The lowest BCUT2D eigenvalue weighted by atomic mass is 10.1. The molecule has 34 heavy (non-hydrogen) atoms. The molecule has 2 aromatic carbocycles. The van der Waals surface area contributed by atoms with Crippen molar-refractivity contribution in [3.05, 3.63) is 72.7 Å². The van der Waals surface area contributed by atoms with E-state index < -0.39 is 22.8 Å². The molecule has 6 nitrogen and oxygen atoms in total. The van der Waals surface area contributed by atoms with E-state index in [4.69, 9.17) is 34.8 Å². The summed E-state index contributed by atoms with van der Waals surface area (Å²) in [5.41, 5.74) is 0.0514. The van der Waals surface area contributed by atoms with Crippen molar-refractivity contribution in [1.29, 1.82) is 0 Å². The van der Waals surface area contributed by atoms with Gasteiger partial charge in [-0.2, -0.15) is 0 Å². The van der Waals surface area contributed by atoms with Crippen molar-refractivity contribution in [1.82, 2.24) is 4.57 Å². The van der Waals surface area contributed by atoms with Gasteiger partial charge < -0.3 is 14.6 Å². The predicted molar refractivity (Wildman–Crippen MR) is 133 cm³/mol. The number of nitrogens with zero attached hydrogens (tertiary/aromatic N) is 3. The number of hydrogen-bond acceptors (Lipinski definition) is 4. The number of aromatic nitrogens is 1. The Labute approximate surface area is 209 Å². The molecule has 10 heteroatoms. The van der Waals surface area contributed by atoms with Crippen LogP contribution in [0.2, 0.25) is 15.1 Å². The van der Waals surface area contributed by atoms with Crippen LogP contribution in [0.1, 0.15) is 41.2 Å². The highest BCUT2D eigenvalue weighted by Gasteiger charge is 2.32. The summed E-state index contributed by atoms with van der Waals surface area (Å²) in [6.45, 7) is 0.933. The highest BCUT2D eigenvalue weighted by Crippen LogP contribution is 2.42. The summed E-state index contributed by atoms with van der Waals surface area (Å²) in [7, 11) is 0. The summed E-state index contributed by atoms with van der Waals surface area (Å²) in [4.78, 5) is 30.7. The lowest BCUT2D eigenvalue weighted by Gasteiger charge is -2.23. The maximum absolute atomic E-state index is 15.3. The summed E-state index contributed by atoms with van der Waals surface area (Å²) in [5, 5.41) is 10.5. The van der Waals surface area contributed by atoms with Crippen LogP contribution in [0.3, 0.4) is 0 Å². The highest BCUT2D eigenvalue weighted by atomic mass is 35.5. The average molecular weight is 523 g/mol. The zero-order chi connectivity index (χ0) is 24.1. The Bertz CT molecular complexity index is 1400. The number of rotatable bonds is 5. The van der Waals surface area contributed by atoms with Gasteiger partial charge in [0.15, 0.2) is 0 Å². The molecule has 0 spiro atoms. The Morgan fingerprint density at radius 1 is 1.18 bits per heavy atom. The molecule has 1 unspecified atom stereocenters. The molecule has 1 aliphatic carbocycles. The second-order valence-electron chi connectivity index (χ2n) is 8.53. The Balaban J connectivity index is 1.52. The molecule has 3 aromatic rings. The predicted octanol–water partition coefficient (Wildman–Crippen LogP) is 5.83. The van der Waals surface area contributed by atoms with E-state index in [1.807, 2.05) is 0 Å². The molecule has 176 valence electrons. The van der Waals surface area contributed by atoms with E-state index in [0.717, 1.165) is 18.9 Å². The largest absolute Gasteiger partial charge is 0.477 e. The molecule has 2 heterocycles. The van der Waals surface area contributed by atoms with E-state index in [2.05, 4.69) is 4.99 Å². The number of hydrogen-bond donors (Lipinski definition) is 1. The number of carboxylic acids is 1. The fourth-order valence-corrected chi connectivity index (χ4v) is 5.30. The second-order valence-corrected chi connectivity index (χ2v) is 9.73. The first-order chi connectivity index (χ1) is 16.3. The molecule has 0 radical (unpaired) electrons. The quantitative estimate of drug-likeness (QED) is 0.428. The number of carbonyl (C=O) groups is 1. The van der Waals surface area contributed by atoms with Crippen LogP contribution in [0, 0.1) is 5.82 Å². The normalized spacial score (nSPS) is 18.4. The molecule has 5 rings (SSSR count). The molecule has 1 N–H and O–H groups in total. The molecule has 0 amide bonds. The minimum Gasteiger partial charge on any atom is -0.477 e. The van der Waals surface area contributed by atoms with Crippen molar-refractivity contribution in [2.75, 3.05) is 18.0 Å². The number of fused-ring (bicyclic) bond motifs is 1. The van der Waals surface area contributed by atoms with Crippen LogP contribution in [0.4, 0.5) is 10.1 Å². The summed E-state index contributed by atoms with van der Waals surface area (Å²) in [6, 6.07) is 6.23. The average Bonchev–Trinajstić information content (AvgIpc) is 3.53. The highest BCUT2D eigenvalue weighted by molar-refractivity contribution is 6.39. The van der Waals surface area contributed by atoms with E-state index >= 15 is 4.39 Å². The van der Waals surface area contributed by atoms with E-state index in [0.29, 0.717) is 40.6 Å². The van der Waals surface area contributed by atoms with Crippen molar-refractivity contribution >= 4 is 63.6 Å². The molecule has 2 aliphatic rings. The van der Waals surface area contributed by atoms with Gasteiger partial charge >= 0.3 is 5.97 Å². The fourth-order valence-electron chi connectivity index (χ4n) is 4.40. The lowest BCUT2D eigenvalue weighted by Crippen LogP contribution is -2.24. The molecular formula is C24H19Cl3FN3O3. The topological polar surface area (TPSA) is 74.9 Å². The smallest absolute Gasteiger partial charge is 0.341 e. The van der Waals surface area contributed by atoms with Crippen LogP contribution in [0.15, 0.2) is 40.2 Å². The summed E-state index contributed by atoms with van der Waals surface area (Å²) >= 11 is 19.1. The van der Waals surface area contributed by atoms with Gasteiger partial charge in [-0.05, 0) is 37.5 Å². The maximum Gasteiger partial charge on any atom is 0.341 e. The zero-order valence-electron chi connectivity index (χ0n) is 17.8. The van der Waals surface area contributed by atoms with Crippen molar-refractivity contribution in [2.24, 2.45) is 4.99 Å². The fraction of sp³-hybridized carbons (Fsp3) is 0.292. The Hall–Kier alpha value is -2.61. The van der Waals surface area contributed by atoms with Gasteiger partial charge in [0.05, 0.1) is 37.7 Å². The van der Waals surface area contributed by atoms with Gasteiger partial charge in [0.1, 0.15) is 11.4 Å². The first-order valence-corrected chi connectivity index (χ1v) is 11.9. The number of carboxylic acid groups (broad SMARTS) is 1. The number of benzene rings is 2. The molecule has 1 saturated heterocycles. The van der Waals surface area contributed by atoms with Crippen LogP contribution in [-0.4, -0.2) is 41.0 Å². The maximum atomic E-state index is 15.3. The van der Waals surface area contributed by atoms with Gasteiger partial charge in [0.25, 0.3) is 0 Å². The van der Waals surface area contributed by atoms with Gasteiger partial charge in [-0.15, -0.1) is 0 Å². The van der Waals surface area contributed by atoms with Crippen molar-refractivity contribution in [3.63, 3.8) is 0 Å². The Morgan fingerprint density at radius 2 is 1.88 bits per heavy atom.